The number of hydrogen-bond acceptors (Lipinski definition) is 4. The summed E-state index contributed by atoms with van der Waals surface area (Å²) in [5.41, 5.74) is 3.18. The van der Waals surface area contributed by atoms with E-state index in [0.717, 1.165) is 34.7 Å². The highest BCUT2D eigenvalue weighted by atomic mass is 16.5. The van der Waals surface area contributed by atoms with E-state index in [9.17, 15) is 4.79 Å². The molecule has 2 aromatic rings. The summed E-state index contributed by atoms with van der Waals surface area (Å²) in [6.45, 7) is 5.60. The van der Waals surface area contributed by atoms with Gasteiger partial charge in [0.05, 0.1) is 13.7 Å². The maximum atomic E-state index is 12.3. The van der Waals surface area contributed by atoms with Gasteiger partial charge in [-0.05, 0) is 55.8 Å². The van der Waals surface area contributed by atoms with Crippen LogP contribution in [0.1, 0.15) is 18.1 Å². The minimum absolute atomic E-state index is 0.0130. The number of para-hydroxylation sites is 1. The normalized spacial score (nSPS) is 10.7. The Hall–Kier alpha value is -2.53. The highest BCUT2D eigenvalue weighted by Crippen LogP contribution is 2.21. The van der Waals surface area contributed by atoms with Gasteiger partial charge in [0.25, 0.3) is 0 Å². The molecule has 2 aromatic carbocycles. The summed E-state index contributed by atoms with van der Waals surface area (Å²) in [5, 5.41) is 3.05. The molecule has 0 fully saturated rings. The number of ether oxygens (including phenoxy) is 2. The average Bonchev–Trinajstić information content (AvgIpc) is 2.64. The van der Waals surface area contributed by atoms with Crippen LogP contribution >= 0.6 is 0 Å². The third-order valence-corrected chi connectivity index (χ3v) is 4.22. The minimum Gasteiger partial charge on any atom is -0.497 e. The Kier molecular flexibility index (Phi) is 7.48. The predicted molar refractivity (Wildman–Crippen MR) is 105 cm³/mol. The third-order valence-electron chi connectivity index (χ3n) is 4.22. The number of carbonyl (C=O) groups excluding carboxylic acids is 1. The molecular weight excluding hydrogens is 328 g/mol. The molecule has 0 saturated heterocycles. The highest BCUT2D eigenvalue weighted by Gasteiger charge is 2.11. The molecule has 1 amide bonds. The molecule has 0 aliphatic heterocycles. The number of nitrogens with zero attached hydrogens (tertiary/aromatic N) is 1. The summed E-state index contributed by atoms with van der Waals surface area (Å²) in [6.07, 6.45) is 0.892. The van der Waals surface area contributed by atoms with Crippen LogP contribution in [0.2, 0.25) is 0 Å². The Bertz CT molecular complexity index is 714. The topological polar surface area (TPSA) is 50.8 Å². The number of rotatable bonds is 9. The van der Waals surface area contributed by atoms with E-state index in [-0.39, 0.29) is 5.91 Å². The summed E-state index contributed by atoms with van der Waals surface area (Å²) in [5.74, 6) is 1.57. The number of benzene rings is 2. The molecule has 140 valence electrons. The lowest BCUT2D eigenvalue weighted by Crippen LogP contribution is -2.33. The molecule has 0 aliphatic rings. The van der Waals surface area contributed by atoms with Gasteiger partial charge < -0.3 is 14.8 Å². The summed E-state index contributed by atoms with van der Waals surface area (Å²) < 4.78 is 10.8. The maximum Gasteiger partial charge on any atom is 0.238 e. The van der Waals surface area contributed by atoms with Gasteiger partial charge in [-0.1, -0.05) is 25.1 Å². The van der Waals surface area contributed by atoms with Crippen molar-refractivity contribution in [1.29, 1.82) is 0 Å². The maximum absolute atomic E-state index is 12.3. The van der Waals surface area contributed by atoms with Crippen molar-refractivity contribution < 1.29 is 14.3 Å². The van der Waals surface area contributed by atoms with Gasteiger partial charge in [-0.25, -0.2) is 0 Å². The van der Waals surface area contributed by atoms with Crippen molar-refractivity contribution in [1.82, 2.24) is 4.90 Å². The van der Waals surface area contributed by atoms with Gasteiger partial charge in [-0.2, -0.15) is 0 Å². The lowest BCUT2D eigenvalue weighted by atomic mass is 10.1. The van der Waals surface area contributed by atoms with Gasteiger partial charge in [0, 0.05) is 12.2 Å². The van der Waals surface area contributed by atoms with Crippen LogP contribution in [-0.4, -0.2) is 44.7 Å². The van der Waals surface area contributed by atoms with Gasteiger partial charge >= 0.3 is 0 Å². The quantitative estimate of drug-likeness (QED) is 0.747. The monoisotopic (exact) mass is 356 g/mol. The number of anilines is 1. The molecule has 1 N–H and O–H groups in total. The second-order valence-electron chi connectivity index (χ2n) is 6.27. The minimum atomic E-state index is -0.0130. The van der Waals surface area contributed by atoms with Gasteiger partial charge in [0.15, 0.2) is 0 Å². The van der Waals surface area contributed by atoms with Gasteiger partial charge in [-0.15, -0.1) is 0 Å². The van der Waals surface area contributed by atoms with Crippen molar-refractivity contribution in [3.05, 3.63) is 53.6 Å². The summed E-state index contributed by atoms with van der Waals surface area (Å²) in [4.78, 5) is 14.3. The van der Waals surface area contributed by atoms with E-state index >= 15 is 0 Å². The standard InChI is InChI=1S/C21H28N2O3/c1-5-17-8-6-7-16(2)21(17)22-20(24)15-23(3)13-14-26-19-11-9-18(25-4)10-12-19/h6-12H,5,13-15H2,1-4H3,(H,22,24). The van der Waals surface area contributed by atoms with E-state index in [1.165, 1.54) is 0 Å². The summed E-state index contributed by atoms with van der Waals surface area (Å²) >= 11 is 0. The van der Waals surface area contributed by atoms with Crippen LogP contribution in [0.3, 0.4) is 0 Å². The second-order valence-corrected chi connectivity index (χ2v) is 6.27. The van der Waals surface area contributed by atoms with Crippen molar-refractivity contribution in [3.63, 3.8) is 0 Å². The first-order chi connectivity index (χ1) is 12.5. The van der Waals surface area contributed by atoms with Crippen molar-refractivity contribution >= 4 is 11.6 Å². The Balaban J connectivity index is 1.78. The zero-order valence-corrected chi connectivity index (χ0v) is 16.0. The summed E-state index contributed by atoms with van der Waals surface area (Å²) in [6, 6.07) is 13.6. The zero-order valence-electron chi connectivity index (χ0n) is 16.0. The van der Waals surface area contributed by atoms with Gasteiger partial charge in [0.2, 0.25) is 5.91 Å². The van der Waals surface area contributed by atoms with Crippen LogP contribution in [0.25, 0.3) is 0 Å². The van der Waals surface area contributed by atoms with Crippen LogP contribution in [0.15, 0.2) is 42.5 Å². The SMILES string of the molecule is CCc1cccc(C)c1NC(=O)CN(C)CCOc1ccc(OC)cc1. The number of aryl methyl sites for hydroxylation is 2. The lowest BCUT2D eigenvalue weighted by molar-refractivity contribution is -0.117. The first-order valence-corrected chi connectivity index (χ1v) is 8.87. The van der Waals surface area contributed by atoms with Gasteiger partial charge in [0.1, 0.15) is 18.1 Å². The molecule has 0 saturated carbocycles. The van der Waals surface area contributed by atoms with Crippen LogP contribution in [0.5, 0.6) is 11.5 Å². The molecule has 0 radical (unpaired) electrons. The fourth-order valence-corrected chi connectivity index (χ4v) is 2.70. The molecule has 26 heavy (non-hydrogen) atoms. The van der Waals surface area contributed by atoms with Crippen molar-refractivity contribution in [2.75, 3.05) is 39.2 Å². The number of amides is 1. The number of methoxy groups -OCH3 is 1. The Morgan fingerprint density at radius 2 is 1.81 bits per heavy atom. The van der Waals surface area contributed by atoms with Crippen LogP contribution in [0.4, 0.5) is 5.69 Å². The molecule has 0 atom stereocenters. The molecule has 0 aromatic heterocycles. The van der Waals surface area contributed by atoms with E-state index in [2.05, 4.69) is 18.3 Å². The predicted octanol–water partition coefficient (Wildman–Crippen LogP) is 3.52. The average molecular weight is 356 g/mol. The number of nitrogens with one attached hydrogen (secondary N) is 1. The summed E-state index contributed by atoms with van der Waals surface area (Å²) in [7, 11) is 3.55. The third kappa shape index (κ3) is 5.77. The first kappa shape index (κ1) is 19.8. The Labute approximate surface area is 155 Å². The molecule has 2 rings (SSSR count). The fraction of sp³-hybridized carbons (Fsp3) is 0.381. The molecule has 0 unspecified atom stereocenters. The van der Waals surface area contributed by atoms with Crippen molar-refractivity contribution in [3.8, 4) is 11.5 Å². The smallest absolute Gasteiger partial charge is 0.238 e. The van der Waals surface area contributed by atoms with Crippen LogP contribution < -0.4 is 14.8 Å². The van der Waals surface area contributed by atoms with E-state index in [1.54, 1.807) is 7.11 Å². The molecule has 5 heteroatoms. The van der Waals surface area contributed by atoms with Crippen LogP contribution in [-0.2, 0) is 11.2 Å². The number of carbonyl (C=O) groups is 1. The number of hydrogen-bond donors (Lipinski definition) is 1. The van der Waals surface area contributed by atoms with Crippen molar-refractivity contribution in [2.45, 2.75) is 20.3 Å². The molecule has 0 spiro atoms. The fourth-order valence-electron chi connectivity index (χ4n) is 2.70. The Morgan fingerprint density at radius 1 is 1.12 bits per heavy atom. The van der Waals surface area contributed by atoms with Crippen molar-refractivity contribution in [2.24, 2.45) is 0 Å². The van der Waals surface area contributed by atoms with E-state index < -0.39 is 0 Å². The lowest BCUT2D eigenvalue weighted by Gasteiger charge is -2.18. The van der Waals surface area contributed by atoms with E-state index in [4.69, 9.17) is 9.47 Å². The zero-order chi connectivity index (χ0) is 18.9. The molecule has 0 aliphatic carbocycles. The van der Waals surface area contributed by atoms with E-state index in [0.29, 0.717) is 19.7 Å². The van der Waals surface area contributed by atoms with Gasteiger partial charge in [-0.3, -0.25) is 9.69 Å². The number of likely N-dealkylation sites (N-methyl/N-ethyl adjacent to an activating group) is 1. The molecule has 0 bridgehead atoms. The molecular formula is C21H28N2O3. The molecule has 5 nitrogen and oxygen atoms in total. The second kappa shape index (κ2) is 9.82. The highest BCUT2D eigenvalue weighted by molar-refractivity contribution is 5.93. The first-order valence-electron chi connectivity index (χ1n) is 8.87. The van der Waals surface area contributed by atoms with Crippen LogP contribution in [0, 0.1) is 6.92 Å². The van der Waals surface area contributed by atoms with E-state index in [1.807, 2.05) is 55.3 Å². The largest absolute Gasteiger partial charge is 0.497 e. The molecule has 0 heterocycles. The Morgan fingerprint density at radius 3 is 2.46 bits per heavy atom.